The summed E-state index contributed by atoms with van der Waals surface area (Å²) in [5, 5.41) is 7.13. The van der Waals surface area contributed by atoms with Crippen molar-refractivity contribution in [1.82, 2.24) is 20.6 Å². The lowest BCUT2D eigenvalue weighted by Crippen LogP contribution is -2.41. The molecular formula is C25H29N5O3. The van der Waals surface area contributed by atoms with Gasteiger partial charge in [0, 0.05) is 61.1 Å². The van der Waals surface area contributed by atoms with Crippen LogP contribution in [-0.2, 0) is 4.79 Å². The number of fused-ring (bicyclic) bond motifs is 2. The number of anilines is 1. The first-order valence-corrected chi connectivity index (χ1v) is 11.4. The number of carbonyl (C=O) groups is 1. The number of nitrogens with one attached hydrogen (secondary N) is 2. The maximum absolute atomic E-state index is 12.4. The molecule has 33 heavy (non-hydrogen) atoms. The van der Waals surface area contributed by atoms with Crippen molar-refractivity contribution in [2.45, 2.75) is 6.42 Å². The molecule has 5 rings (SSSR count). The van der Waals surface area contributed by atoms with Crippen LogP contribution < -0.4 is 25.0 Å². The predicted octanol–water partition coefficient (Wildman–Crippen LogP) is 2.48. The van der Waals surface area contributed by atoms with Gasteiger partial charge in [-0.25, -0.2) is 9.97 Å². The van der Waals surface area contributed by atoms with Gasteiger partial charge in [0.2, 0.25) is 11.8 Å². The number of rotatable bonds is 7. The van der Waals surface area contributed by atoms with Gasteiger partial charge in [-0.1, -0.05) is 0 Å². The quantitative estimate of drug-likeness (QED) is 0.538. The number of nitrogens with zero attached hydrogens (tertiary/aromatic N) is 3. The molecule has 0 spiro atoms. The maximum atomic E-state index is 12.4. The summed E-state index contributed by atoms with van der Waals surface area (Å²) in [5.41, 5.74) is 3.69. The first kappa shape index (κ1) is 21.5. The smallest absolute Gasteiger partial charge is 0.225 e. The number of hydrogen-bond donors (Lipinski definition) is 2. The predicted molar refractivity (Wildman–Crippen MR) is 128 cm³/mol. The van der Waals surface area contributed by atoms with E-state index in [9.17, 15) is 4.79 Å². The van der Waals surface area contributed by atoms with E-state index in [0.29, 0.717) is 18.4 Å². The van der Waals surface area contributed by atoms with Crippen molar-refractivity contribution in [1.29, 1.82) is 0 Å². The molecule has 8 nitrogen and oxygen atoms in total. The number of pyridine rings is 2. The van der Waals surface area contributed by atoms with Crippen LogP contribution in [0.1, 0.15) is 6.42 Å². The zero-order valence-corrected chi connectivity index (χ0v) is 19.0. The van der Waals surface area contributed by atoms with E-state index in [4.69, 9.17) is 14.5 Å². The van der Waals surface area contributed by atoms with Crippen molar-refractivity contribution in [2.75, 3.05) is 51.8 Å². The lowest BCUT2D eigenvalue weighted by atomic mass is 9.89. The van der Waals surface area contributed by atoms with Crippen molar-refractivity contribution in [3.63, 3.8) is 0 Å². The van der Waals surface area contributed by atoms with Crippen LogP contribution in [0.4, 0.5) is 5.69 Å². The Morgan fingerprint density at radius 2 is 2.12 bits per heavy atom. The molecule has 0 saturated carbocycles. The van der Waals surface area contributed by atoms with Crippen molar-refractivity contribution in [2.24, 2.45) is 11.8 Å². The van der Waals surface area contributed by atoms with Gasteiger partial charge in [-0.05, 0) is 43.7 Å². The minimum absolute atomic E-state index is 0.0411. The minimum atomic E-state index is 0.0411. The molecule has 2 aromatic heterocycles. The van der Waals surface area contributed by atoms with Crippen LogP contribution in [0.25, 0.3) is 22.2 Å². The van der Waals surface area contributed by atoms with Crippen LogP contribution in [0, 0.1) is 11.8 Å². The number of ether oxygens (including phenoxy) is 2. The third-order valence-corrected chi connectivity index (χ3v) is 6.56. The van der Waals surface area contributed by atoms with Gasteiger partial charge in [0.05, 0.1) is 24.2 Å². The Labute approximate surface area is 193 Å². The van der Waals surface area contributed by atoms with E-state index in [1.54, 1.807) is 13.3 Å². The van der Waals surface area contributed by atoms with Gasteiger partial charge < -0.3 is 25.0 Å². The maximum Gasteiger partial charge on any atom is 0.225 e. The highest BCUT2D eigenvalue weighted by atomic mass is 16.5. The molecule has 2 atom stereocenters. The van der Waals surface area contributed by atoms with Gasteiger partial charge in [-0.15, -0.1) is 0 Å². The molecule has 172 valence electrons. The summed E-state index contributed by atoms with van der Waals surface area (Å²) in [5.74, 6) is 1.95. The molecule has 0 bridgehead atoms. The van der Waals surface area contributed by atoms with Crippen LogP contribution in [0.15, 0.2) is 42.6 Å². The number of carbonyl (C=O) groups excluding carboxylic acids is 1. The monoisotopic (exact) mass is 447 g/mol. The molecule has 3 aromatic rings. The van der Waals surface area contributed by atoms with E-state index in [-0.39, 0.29) is 11.8 Å². The van der Waals surface area contributed by atoms with Gasteiger partial charge >= 0.3 is 0 Å². The number of benzene rings is 1. The van der Waals surface area contributed by atoms with Gasteiger partial charge in [0.1, 0.15) is 12.4 Å². The molecule has 1 amide bonds. The van der Waals surface area contributed by atoms with Crippen molar-refractivity contribution >= 4 is 22.5 Å². The van der Waals surface area contributed by atoms with Crippen molar-refractivity contribution in [3.8, 4) is 22.9 Å². The molecule has 2 aliphatic heterocycles. The van der Waals surface area contributed by atoms with E-state index in [1.807, 2.05) is 31.3 Å². The molecule has 0 radical (unpaired) electrons. The first-order valence-electron chi connectivity index (χ1n) is 11.4. The third-order valence-electron chi connectivity index (χ3n) is 6.56. The fraction of sp³-hybridized carbons (Fsp3) is 0.400. The van der Waals surface area contributed by atoms with E-state index in [0.717, 1.165) is 66.2 Å². The standard InChI is InChI=1S/C25H29N5O3/c1-26-9-10-33-24-6-3-16(13-28-24)21-12-23(19-5-4-18(32-2)11-22(19)29-21)30-14-17-7-8-27-25(31)20(17)15-30/h3-6,11-13,17,20,26H,7-10,14-15H2,1-2H3,(H,27,31). The van der Waals surface area contributed by atoms with Gasteiger partial charge in [-0.3, -0.25) is 4.79 Å². The highest BCUT2D eigenvalue weighted by molar-refractivity contribution is 5.95. The number of hydrogen-bond acceptors (Lipinski definition) is 7. The SMILES string of the molecule is CNCCOc1ccc(-c2cc(N3CC4CCNC(=O)C4C3)c3ccc(OC)cc3n2)cn1. The number of likely N-dealkylation sites (N-methyl/N-ethyl adjacent to an activating group) is 1. The molecular weight excluding hydrogens is 418 g/mol. The Bertz CT molecular complexity index is 1150. The zero-order chi connectivity index (χ0) is 22.8. The topological polar surface area (TPSA) is 88.6 Å². The summed E-state index contributed by atoms with van der Waals surface area (Å²) in [7, 11) is 3.55. The number of aromatic nitrogens is 2. The van der Waals surface area contributed by atoms with Gasteiger partial charge in [-0.2, -0.15) is 0 Å². The summed E-state index contributed by atoms with van der Waals surface area (Å²) < 4.78 is 11.1. The lowest BCUT2D eigenvalue weighted by Gasteiger charge is -2.23. The summed E-state index contributed by atoms with van der Waals surface area (Å²) in [6, 6.07) is 11.9. The lowest BCUT2D eigenvalue weighted by molar-refractivity contribution is -0.127. The van der Waals surface area contributed by atoms with Crippen LogP contribution >= 0.6 is 0 Å². The van der Waals surface area contributed by atoms with E-state index in [2.05, 4.69) is 32.7 Å². The summed E-state index contributed by atoms with van der Waals surface area (Å²) in [6.45, 7) is 3.68. The van der Waals surface area contributed by atoms with Crippen molar-refractivity contribution in [3.05, 3.63) is 42.6 Å². The van der Waals surface area contributed by atoms with Crippen LogP contribution in [0.5, 0.6) is 11.6 Å². The Balaban J connectivity index is 1.51. The second-order valence-electron chi connectivity index (χ2n) is 8.60. The van der Waals surface area contributed by atoms with E-state index < -0.39 is 0 Å². The number of piperidine rings is 1. The molecule has 2 fully saturated rings. The second-order valence-corrected chi connectivity index (χ2v) is 8.60. The molecule has 4 heterocycles. The van der Waals surface area contributed by atoms with E-state index >= 15 is 0 Å². The van der Waals surface area contributed by atoms with Crippen LogP contribution in [0.2, 0.25) is 0 Å². The number of amides is 1. The first-order chi connectivity index (χ1) is 16.2. The highest BCUT2D eigenvalue weighted by Gasteiger charge is 2.40. The average molecular weight is 448 g/mol. The van der Waals surface area contributed by atoms with Crippen LogP contribution in [0.3, 0.4) is 0 Å². The molecule has 0 aliphatic carbocycles. The van der Waals surface area contributed by atoms with Gasteiger partial charge in [0.15, 0.2) is 0 Å². The molecule has 1 aromatic carbocycles. The second kappa shape index (κ2) is 9.23. The zero-order valence-electron chi connectivity index (χ0n) is 19.0. The van der Waals surface area contributed by atoms with Gasteiger partial charge in [0.25, 0.3) is 0 Å². The molecule has 2 unspecified atom stereocenters. The minimum Gasteiger partial charge on any atom is -0.497 e. The van der Waals surface area contributed by atoms with Crippen molar-refractivity contribution < 1.29 is 14.3 Å². The average Bonchev–Trinajstić information content (AvgIpc) is 3.29. The highest BCUT2D eigenvalue weighted by Crippen LogP contribution is 2.38. The molecule has 2 aliphatic rings. The Kier molecular flexibility index (Phi) is 6.00. The molecule has 8 heteroatoms. The molecule has 2 N–H and O–H groups in total. The third kappa shape index (κ3) is 4.30. The molecule has 2 saturated heterocycles. The summed E-state index contributed by atoms with van der Waals surface area (Å²) >= 11 is 0. The fourth-order valence-electron chi connectivity index (χ4n) is 4.77. The Hall–Kier alpha value is -3.39. The fourth-order valence-corrected chi connectivity index (χ4v) is 4.77. The normalized spacial score (nSPS) is 19.9. The Morgan fingerprint density at radius 3 is 2.88 bits per heavy atom. The summed E-state index contributed by atoms with van der Waals surface area (Å²) in [4.78, 5) is 24.1. The largest absolute Gasteiger partial charge is 0.497 e. The Morgan fingerprint density at radius 1 is 1.21 bits per heavy atom. The number of methoxy groups -OCH3 is 1. The van der Waals surface area contributed by atoms with E-state index in [1.165, 1.54) is 0 Å². The van der Waals surface area contributed by atoms with Crippen LogP contribution in [-0.4, -0.2) is 62.8 Å². The summed E-state index contributed by atoms with van der Waals surface area (Å²) in [6.07, 6.45) is 2.82.